The van der Waals surface area contributed by atoms with Gasteiger partial charge in [-0.25, -0.2) is 17.1 Å². The van der Waals surface area contributed by atoms with Crippen molar-refractivity contribution in [3.05, 3.63) is 114 Å². The first kappa shape index (κ1) is 19.9. The first-order valence-electron chi connectivity index (χ1n) is 8.54. The average Bonchev–Trinajstić information content (AvgIpc) is 3.41. The first-order valence-corrected chi connectivity index (χ1v) is 8.54. The fourth-order valence-electron chi connectivity index (χ4n) is 2.60. The predicted octanol–water partition coefficient (Wildman–Crippen LogP) is 4.34. The Morgan fingerprint density at radius 3 is 2.38 bits per heavy atom. The minimum absolute atomic E-state index is 0. The Hall–Kier alpha value is -2.39. The molecular formula is C22H23FeN3-6. The summed E-state index contributed by atoms with van der Waals surface area (Å²) in [5.41, 5.74) is 2.61. The molecule has 0 saturated carbocycles. The van der Waals surface area contributed by atoms with E-state index in [4.69, 9.17) is 0 Å². The zero-order valence-electron chi connectivity index (χ0n) is 14.6. The van der Waals surface area contributed by atoms with Crippen molar-refractivity contribution in [1.82, 2.24) is 14.9 Å². The van der Waals surface area contributed by atoms with Crippen molar-refractivity contribution >= 4 is 0 Å². The molecule has 140 valence electrons. The van der Waals surface area contributed by atoms with Crippen LogP contribution in [0.2, 0.25) is 0 Å². The Morgan fingerprint density at radius 1 is 1.00 bits per heavy atom. The molecule has 0 aliphatic carbocycles. The van der Waals surface area contributed by atoms with Crippen LogP contribution in [-0.4, -0.2) is 9.55 Å². The van der Waals surface area contributed by atoms with Gasteiger partial charge in [0.15, 0.2) is 0 Å². The van der Waals surface area contributed by atoms with Crippen LogP contribution in [-0.2, 0) is 36.7 Å². The molecule has 0 spiro atoms. The SMILES string of the molecule is [Fe].c1cc[cH-]c1.c1ccc(Cn2ccnc2CNC[c-]2[cH-][cH-][cH-][cH-]2)cc1. The van der Waals surface area contributed by atoms with Crippen molar-refractivity contribution in [3.63, 3.8) is 0 Å². The third-order valence-electron chi connectivity index (χ3n) is 3.90. The summed E-state index contributed by atoms with van der Waals surface area (Å²) in [7, 11) is 0. The maximum absolute atomic E-state index is 4.43. The summed E-state index contributed by atoms with van der Waals surface area (Å²) < 4.78 is 2.19. The molecule has 26 heavy (non-hydrogen) atoms. The van der Waals surface area contributed by atoms with Crippen LogP contribution in [0.5, 0.6) is 0 Å². The predicted molar refractivity (Wildman–Crippen MR) is 102 cm³/mol. The fraction of sp³-hybridized carbons (Fsp3) is 0.136. The van der Waals surface area contributed by atoms with E-state index >= 15 is 0 Å². The van der Waals surface area contributed by atoms with Gasteiger partial charge in [-0.3, -0.25) is 0 Å². The Bertz CT molecular complexity index is 785. The van der Waals surface area contributed by atoms with Crippen molar-refractivity contribution in [1.29, 1.82) is 0 Å². The van der Waals surface area contributed by atoms with Crippen LogP contribution in [0.3, 0.4) is 0 Å². The molecular weight excluding hydrogens is 362 g/mol. The number of rotatable bonds is 6. The molecule has 0 fully saturated rings. The number of nitrogens with one attached hydrogen (secondary N) is 1. The number of hydrogen-bond donors (Lipinski definition) is 1. The second-order valence-corrected chi connectivity index (χ2v) is 5.82. The van der Waals surface area contributed by atoms with E-state index in [1.165, 1.54) is 11.1 Å². The molecule has 1 N–H and O–H groups in total. The summed E-state index contributed by atoms with van der Waals surface area (Å²) in [6.45, 7) is 2.53. The summed E-state index contributed by atoms with van der Waals surface area (Å²) in [6, 6.07) is 28.8. The number of imidazole rings is 1. The van der Waals surface area contributed by atoms with E-state index < -0.39 is 0 Å². The normalized spacial score (nSPS) is 9.85. The van der Waals surface area contributed by atoms with E-state index in [2.05, 4.69) is 63.4 Å². The second kappa shape index (κ2) is 11.3. The molecule has 3 aromatic carbocycles. The minimum Gasteiger partial charge on any atom is -0.748 e. The number of aromatic nitrogens is 2. The van der Waals surface area contributed by atoms with E-state index in [0.29, 0.717) is 0 Å². The zero-order valence-corrected chi connectivity index (χ0v) is 15.7. The van der Waals surface area contributed by atoms with Crippen molar-refractivity contribution in [2.75, 3.05) is 0 Å². The zero-order chi connectivity index (χ0) is 17.2. The van der Waals surface area contributed by atoms with Crippen LogP contribution < -0.4 is 5.32 Å². The second-order valence-electron chi connectivity index (χ2n) is 5.82. The fourth-order valence-corrected chi connectivity index (χ4v) is 2.60. The standard InChI is InChI=1S/C17H18N3.C5H5.Fe/c1-2-8-16(9-3-1)14-20-11-10-19-17(20)13-18-12-15-6-4-5-7-15;1-2-4-5-3-1;/h1-11,18H,12-14H2;1-5H;/q-5;-1;. The molecule has 0 radical (unpaired) electrons. The van der Waals surface area contributed by atoms with Crippen LogP contribution in [0.25, 0.3) is 0 Å². The van der Waals surface area contributed by atoms with Gasteiger partial charge in [0.05, 0.1) is 6.54 Å². The van der Waals surface area contributed by atoms with Crippen molar-refractivity contribution < 1.29 is 17.1 Å². The molecule has 1 aromatic heterocycles. The molecule has 4 heteroatoms. The Balaban J connectivity index is 0.000000351. The summed E-state index contributed by atoms with van der Waals surface area (Å²) in [5.74, 6) is 1.07. The molecule has 0 saturated heterocycles. The van der Waals surface area contributed by atoms with Crippen molar-refractivity contribution in [2.24, 2.45) is 0 Å². The van der Waals surface area contributed by atoms with E-state index in [-0.39, 0.29) is 17.1 Å². The third kappa shape index (κ3) is 6.49. The average molecular weight is 385 g/mol. The molecule has 0 aliphatic heterocycles. The smallest absolute Gasteiger partial charge is 0.122 e. The first-order chi connectivity index (χ1) is 12.4. The maximum Gasteiger partial charge on any atom is 0.122 e. The minimum atomic E-state index is 0. The van der Waals surface area contributed by atoms with Crippen LogP contribution in [0, 0.1) is 0 Å². The molecule has 1 heterocycles. The van der Waals surface area contributed by atoms with E-state index in [1.807, 2.05) is 48.8 Å². The van der Waals surface area contributed by atoms with Crippen LogP contribution >= 0.6 is 0 Å². The molecule has 0 atom stereocenters. The summed E-state index contributed by atoms with van der Waals surface area (Å²) >= 11 is 0. The summed E-state index contributed by atoms with van der Waals surface area (Å²) in [6.07, 6.45) is 3.90. The van der Waals surface area contributed by atoms with Gasteiger partial charge in [0, 0.05) is 36.0 Å². The molecule has 3 nitrogen and oxygen atoms in total. The van der Waals surface area contributed by atoms with E-state index in [0.717, 1.165) is 25.5 Å². The van der Waals surface area contributed by atoms with Crippen molar-refractivity contribution in [2.45, 2.75) is 19.6 Å². The van der Waals surface area contributed by atoms with Gasteiger partial charge in [-0.05, 0) is 5.56 Å². The van der Waals surface area contributed by atoms with Gasteiger partial charge in [0.25, 0.3) is 0 Å². The molecule has 0 unspecified atom stereocenters. The van der Waals surface area contributed by atoms with Gasteiger partial charge < -0.3 is 39.7 Å². The van der Waals surface area contributed by atoms with Crippen LogP contribution in [0.1, 0.15) is 17.0 Å². The van der Waals surface area contributed by atoms with Gasteiger partial charge in [-0.15, -0.1) is 0 Å². The van der Waals surface area contributed by atoms with Gasteiger partial charge in [0.2, 0.25) is 0 Å². The Kier molecular flexibility index (Phi) is 8.64. The van der Waals surface area contributed by atoms with Crippen LogP contribution in [0.4, 0.5) is 0 Å². The Morgan fingerprint density at radius 2 is 1.73 bits per heavy atom. The molecule has 4 rings (SSSR count). The number of nitrogens with zero attached hydrogens (tertiary/aromatic N) is 2. The Labute approximate surface area is 165 Å². The van der Waals surface area contributed by atoms with E-state index in [1.54, 1.807) is 0 Å². The molecule has 0 aliphatic rings. The molecule has 4 aromatic rings. The van der Waals surface area contributed by atoms with E-state index in [9.17, 15) is 0 Å². The van der Waals surface area contributed by atoms with Crippen LogP contribution in [0.15, 0.2) is 97.3 Å². The van der Waals surface area contributed by atoms with Gasteiger partial charge in [0.1, 0.15) is 5.82 Å². The maximum atomic E-state index is 4.43. The molecule has 0 bridgehead atoms. The topological polar surface area (TPSA) is 29.9 Å². The van der Waals surface area contributed by atoms with Gasteiger partial charge >= 0.3 is 0 Å². The number of benzene rings is 1. The quantitative estimate of drug-likeness (QED) is 0.395. The third-order valence-corrected chi connectivity index (χ3v) is 3.90. The van der Waals surface area contributed by atoms with Gasteiger partial charge in [-0.2, -0.15) is 24.7 Å². The van der Waals surface area contributed by atoms with Gasteiger partial charge in [-0.1, -0.05) is 30.3 Å². The van der Waals surface area contributed by atoms with Crippen molar-refractivity contribution in [3.8, 4) is 0 Å². The largest absolute Gasteiger partial charge is 0.748 e. The molecule has 0 amide bonds. The summed E-state index contributed by atoms with van der Waals surface area (Å²) in [5, 5.41) is 3.43. The monoisotopic (exact) mass is 385 g/mol. The summed E-state index contributed by atoms with van der Waals surface area (Å²) in [4.78, 5) is 4.43. The number of hydrogen-bond acceptors (Lipinski definition) is 2.